The predicted octanol–water partition coefficient (Wildman–Crippen LogP) is 5.24. The lowest BCUT2D eigenvalue weighted by molar-refractivity contribution is 0.741. The third-order valence-corrected chi connectivity index (χ3v) is 3.79. The molecule has 0 bridgehead atoms. The maximum absolute atomic E-state index is 4.06. The lowest BCUT2D eigenvalue weighted by Crippen LogP contribution is -2.06. The summed E-state index contributed by atoms with van der Waals surface area (Å²) in [6, 6.07) is 21.4. The minimum absolute atomic E-state index is 0.356. The molecule has 98 valence electrons. The Labute approximate surface area is 120 Å². The summed E-state index contributed by atoms with van der Waals surface area (Å²) in [4.78, 5) is 0. The molecule has 0 unspecified atom stereocenters. The summed E-state index contributed by atoms with van der Waals surface area (Å²) in [6.07, 6.45) is 8.79. The van der Waals surface area contributed by atoms with E-state index in [-0.39, 0.29) is 0 Å². The molecular weight excluding hydrogens is 240 g/mol. The molecule has 0 aliphatic heterocycles. The molecule has 0 amide bonds. The van der Waals surface area contributed by atoms with Gasteiger partial charge in [-0.05, 0) is 16.7 Å². The second kappa shape index (κ2) is 5.75. The molecule has 0 nitrogen and oxygen atoms in total. The van der Waals surface area contributed by atoms with Gasteiger partial charge in [-0.1, -0.05) is 91.5 Å². The summed E-state index contributed by atoms with van der Waals surface area (Å²) < 4.78 is 0. The number of hydrogen-bond acceptors (Lipinski definition) is 0. The molecule has 0 spiro atoms. The summed E-state index contributed by atoms with van der Waals surface area (Å²) in [5.74, 6) is 0.711. The Bertz CT molecular complexity index is 575. The van der Waals surface area contributed by atoms with Gasteiger partial charge in [0.1, 0.15) is 0 Å². The summed E-state index contributed by atoms with van der Waals surface area (Å²) >= 11 is 0. The molecule has 2 aromatic rings. The quantitative estimate of drug-likeness (QED) is 0.691. The van der Waals surface area contributed by atoms with Gasteiger partial charge in [-0.15, -0.1) is 0 Å². The molecule has 2 atom stereocenters. The predicted molar refractivity (Wildman–Crippen MR) is 85.8 cm³/mol. The Balaban J connectivity index is 2.06. The zero-order chi connectivity index (χ0) is 13.8. The highest BCUT2D eigenvalue weighted by molar-refractivity contribution is 5.42. The minimum Gasteiger partial charge on any atom is -0.0918 e. The van der Waals surface area contributed by atoms with Crippen molar-refractivity contribution in [3.05, 3.63) is 108 Å². The van der Waals surface area contributed by atoms with Crippen molar-refractivity contribution in [2.24, 2.45) is 0 Å². The molecule has 0 aromatic heterocycles. The molecule has 1 aliphatic rings. The van der Waals surface area contributed by atoms with Gasteiger partial charge >= 0.3 is 0 Å². The number of rotatable bonds is 2. The maximum atomic E-state index is 4.06. The van der Waals surface area contributed by atoms with Crippen molar-refractivity contribution < 1.29 is 0 Å². The van der Waals surface area contributed by atoms with Gasteiger partial charge < -0.3 is 0 Å². The first-order valence-corrected chi connectivity index (χ1v) is 7.00. The third kappa shape index (κ3) is 2.65. The standard InChI is InChI=1S/C20H18/c1-16-12-14-19(17-8-4-2-5-9-17)20(15-13-16)18-10-6-3-7-11-18/h2-15,19-20H,1H2/t19-,20-/m1/s1. The van der Waals surface area contributed by atoms with Crippen molar-refractivity contribution in [2.45, 2.75) is 11.8 Å². The summed E-state index contributed by atoms with van der Waals surface area (Å²) in [5.41, 5.74) is 3.75. The molecule has 0 fully saturated rings. The SMILES string of the molecule is C=C1C=C[C@H](c2ccccc2)[C@@H](c2ccccc2)C=C1. The topological polar surface area (TPSA) is 0 Å². The Morgan fingerprint density at radius 1 is 0.600 bits per heavy atom. The van der Waals surface area contributed by atoms with Gasteiger partial charge in [0, 0.05) is 11.8 Å². The average Bonchev–Trinajstić information content (AvgIpc) is 2.71. The van der Waals surface area contributed by atoms with Crippen LogP contribution in [0.25, 0.3) is 0 Å². The Morgan fingerprint density at radius 2 is 1.00 bits per heavy atom. The third-order valence-electron chi connectivity index (χ3n) is 3.79. The van der Waals surface area contributed by atoms with Crippen LogP contribution in [-0.2, 0) is 0 Å². The zero-order valence-electron chi connectivity index (χ0n) is 11.4. The molecule has 0 saturated carbocycles. The van der Waals surface area contributed by atoms with Gasteiger partial charge in [-0.25, -0.2) is 0 Å². The smallest absolute Gasteiger partial charge is 0.0125 e. The van der Waals surface area contributed by atoms with Crippen LogP contribution in [0.2, 0.25) is 0 Å². The highest BCUT2D eigenvalue weighted by Gasteiger charge is 2.21. The van der Waals surface area contributed by atoms with Crippen LogP contribution in [-0.4, -0.2) is 0 Å². The van der Waals surface area contributed by atoms with Crippen LogP contribution in [0.15, 0.2) is 97.1 Å². The highest BCUT2D eigenvalue weighted by Crippen LogP contribution is 2.37. The molecule has 2 aromatic carbocycles. The normalized spacial score (nSPS) is 21.7. The van der Waals surface area contributed by atoms with Crippen molar-refractivity contribution in [3.63, 3.8) is 0 Å². The Hall–Kier alpha value is -2.34. The van der Waals surface area contributed by atoms with E-state index in [1.807, 2.05) is 0 Å². The first-order valence-electron chi connectivity index (χ1n) is 7.00. The Kier molecular flexibility index (Phi) is 3.64. The average molecular weight is 258 g/mol. The fourth-order valence-electron chi connectivity index (χ4n) is 2.74. The highest BCUT2D eigenvalue weighted by atomic mass is 14.2. The lowest BCUT2D eigenvalue weighted by atomic mass is 9.81. The number of hydrogen-bond donors (Lipinski definition) is 0. The molecule has 0 saturated heterocycles. The number of allylic oxidation sites excluding steroid dienone is 5. The van der Waals surface area contributed by atoms with Gasteiger partial charge in [-0.2, -0.15) is 0 Å². The van der Waals surface area contributed by atoms with Gasteiger partial charge in [0.25, 0.3) is 0 Å². The molecule has 0 heterocycles. The van der Waals surface area contributed by atoms with Crippen molar-refractivity contribution in [3.8, 4) is 0 Å². The lowest BCUT2D eigenvalue weighted by Gasteiger charge is -2.22. The first kappa shape index (κ1) is 12.7. The van der Waals surface area contributed by atoms with Gasteiger partial charge in [-0.3, -0.25) is 0 Å². The summed E-state index contributed by atoms with van der Waals surface area (Å²) in [5, 5.41) is 0. The minimum atomic E-state index is 0.356. The monoisotopic (exact) mass is 258 g/mol. The van der Waals surface area contributed by atoms with Gasteiger partial charge in [0.05, 0.1) is 0 Å². The zero-order valence-corrected chi connectivity index (χ0v) is 11.4. The first-order chi connectivity index (χ1) is 9.84. The van der Waals surface area contributed by atoms with E-state index in [9.17, 15) is 0 Å². The summed E-state index contributed by atoms with van der Waals surface area (Å²) in [7, 11) is 0. The van der Waals surface area contributed by atoms with Gasteiger partial charge in [0.2, 0.25) is 0 Å². The van der Waals surface area contributed by atoms with E-state index in [1.165, 1.54) is 11.1 Å². The van der Waals surface area contributed by atoms with E-state index in [1.54, 1.807) is 0 Å². The van der Waals surface area contributed by atoms with Crippen LogP contribution < -0.4 is 0 Å². The van der Waals surface area contributed by atoms with Crippen molar-refractivity contribution in [1.29, 1.82) is 0 Å². The van der Waals surface area contributed by atoms with Crippen molar-refractivity contribution in [2.75, 3.05) is 0 Å². The van der Waals surface area contributed by atoms with Crippen LogP contribution in [0.3, 0.4) is 0 Å². The van der Waals surface area contributed by atoms with E-state index in [4.69, 9.17) is 0 Å². The van der Waals surface area contributed by atoms with Crippen LogP contribution >= 0.6 is 0 Å². The molecule has 0 N–H and O–H groups in total. The second-order valence-electron chi connectivity index (χ2n) is 5.17. The van der Waals surface area contributed by atoms with Gasteiger partial charge in [0.15, 0.2) is 0 Å². The maximum Gasteiger partial charge on any atom is 0.0125 e. The summed E-state index contributed by atoms with van der Waals surface area (Å²) in [6.45, 7) is 4.06. The van der Waals surface area contributed by atoms with E-state index >= 15 is 0 Å². The number of benzene rings is 2. The Morgan fingerprint density at radius 3 is 1.40 bits per heavy atom. The van der Waals surface area contributed by atoms with Crippen LogP contribution in [0.4, 0.5) is 0 Å². The van der Waals surface area contributed by atoms with Crippen LogP contribution in [0.1, 0.15) is 23.0 Å². The van der Waals surface area contributed by atoms with Crippen molar-refractivity contribution in [1.82, 2.24) is 0 Å². The fourth-order valence-corrected chi connectivity index (χ4v) is 2.74. The molecule has 1 aliphatic carbocycles. The molecule has 0 radical (unpaired) electrons. The van der Waals surface area contributed by atoms with Crippen molar-refractivity contribution >= 4 is 0 Å². The molecular formula is C20H18. The molecule has 3 rings (SSSR count). The van der Waals surface area contributed by atoms with E-state index in [2.05, 4.69) is 91.5 Å². The van der Waals surface area contributed by atoms with E-state index in [0.717, 1.165) is 5.57 Å². The largest absolute Gasteiger partial charge is 0.0918 e. The molecule has 0 heteroatoms. The van der Waals surface area contributed by atoms with Crippen LogP contribution in [0, 0.1) is 0 Å². The van der Waals surface area contributed by atoms with E-state index < -0.39 is 0 Å². The van der Waals surface area contributed by atoms with E-state index in [0.29, 0.717) is 11.8 Å². The second-order valence-corrected chi connectivity index (χ2v) is 5.17. The molecule has 20 heavy (non-hydrogen) atoms. The fraction of sp³-hybridized carbons (Fsp3) is 0.100. The van der Waals surface area contributed by atoms with Crippen LogP contribution in [0.5, 0.6) is 0 Å².